The Morgan fingerprint density at radius 3 is 2.67 bits per heavy atom. The van der Waals surface area contributed by atoms with Gasteiger partial charge < -0.3 is 9.52 Å². The Morgan fingerprint density at radius 1 is 1.33 bits per heavy atom. The number of thiophene rings is 1. The third-order valence-electron chi connectivity index (χ3n) is 2.12. The van der Waals surface area contributed by atoms with Crippen LogP contribution >= 0.6 is 22.9 Å². The van der Waals surface area contributed by atoms with Crippen LogP contribution in [0, 0.1) is 0 Å². The lowest BCUT2D eigenvalue weighted by atomic mass is 10.5. The molecule has 0 saturated carbocycles. The molecule has 0 aromatic carbocycles. The van der Waals surface area contributed by atoms with Crippen molar-refractivity contribution in [3.63, 3.8) is 0 Å². The third kappa shape index (κ3) is 3.12. The lowest BCUT2D eigenvalue weighted by molar-refractivity contribution is 0.236. The fraction of sp³-hybridized carbons (Fsp3) is 0.200. The maximum atomic E-state index is 11.8. The van der Waals surface area contributed by atoms with Crippen molar-refractivity contribution in [1.82, 2.24) is 4.72 Å². The van der Waals surface area contributed by atoms with Crippen molar-refractivity contribution in [3.05, 3.63) is 39.2 Å². The molecule has 8 heteroatoms. The summed E-state index contributed by atoms with van der Waals surface area (Å²) in [5.41, 5.74) is 0. The first-order valence-corrected chi connectivity index (χ1v) is 7.62. The van der Waals surface area contributed by atoms with E-state index in [-0.39, 0.29) is 24.0 Å². The van der Waals surface area contributed by atoms with Crippen LogP contribution in [0.25, 0.3) is 0 Å². The highest BCUT2D eigenvalue weighted by Gasteiger charge is 2.18. The minimum Gasteiger partial charge on any atom is -0.446 e. The highest BCUT2D eigenvalue weighted by Crippen LogP contribution is 2.22. The molecule has 2 heterocycles. The Kier molecular flexibility index (Phi) is 4.08. The van der Waals surface area contributed by atoms with Gasteiger partial charge in [0.2, 0.25) is 5.09 Å². The lowest BCUT2D eigenvalue weighted by Crippen LogP contribution is -2.22. The molecule has 98 valence electrons. The molecule has 2 aromatic heterocycles. The van der Waals surface area contributed by atoms with Gasteiger partial charge in [-0.05, 0) is 24.3 Å². The molecule has 2 rings (SSSR count). The molecule has 0 bridgehead atoms. The van der Waals surface area contributed by atoms with E-state index in [1.54, 1.807) is 12.1 Å². The smallest absolute Gasteiger partial charge is 0.274 e. The van der Waals surface area contributed by atoms with E-state index in [1.807, 2.05) is 0 Å². The molecule has 0 aliphatic rings. The molecule has 0 atom stereocenters. The van der Waals surface area contributed by atoms with Crippen LogP contribution in [0.15, 0.2) is 33.8 Å². The van der Waals surface area contributed by atoms with Crippen LogP contribution in [-0.2, 0) is 23.2 Å². The van der Waals surface area contributed by atoms with Crippen LogP contribution in [0.2, 0.25) is 4.34 Å². The van der Waals surface area contributed by atoms with Gasteiger partial charge in [0, 0.05) is 11.4 Å². The quantitative estimate of drug-likeness (QED) is 0.885. The molecule has 18 heavy (non-hydrogen) atoms. The molecule has 0 aliphatic carbocycles. The largest absolute Gasteiger partial charge is 0.446 e. The molecule has 2 N–H and O–H groups in total. The lowest BCUT2D eigenvalue weighted by Gasteiger charge is -2.02. The average molecular weight is 308 g/mol. The van der Waals surface area contributed by atoms with E-state index in [9.17, 15) is 8.42 Å². The Balaban J connectivity index is 2.07. The number of aliphatic hydroxyl groups excluding tert-OH is 1. The van der Waals surface area contributed by atoms with Gasteiger partial charge >= 0.3 is 0 Å². The molecule has 0 radical (unpaired) electrons. The van der Waals surface area contributed by atoms with Gasteiger partial charge in [-0.15, -0.1) is 11.3 Å². The van der Waals surface area contributed by atoms with E-state index in [0.717, 1.165) is 4.88 Å². The van der Waals surface area contributed by atoms with Crippen LogP contribution in [-0.4, -0.2) is 13.5 Å². The second-order valence-electron chi connectivity index (χ2n) is 3.41. The van der Waals surface area contributed by atoms with Crippen molar-refractivity contribution in [1.29, 1.82) is 0 Å². The van der Waals surface area contributed by atoms with Gasteiger partial charge in [-0.3, -0.25) is 0 Å². The number of aliphatic hydroxyl groups is 1. The van der Waals surface area contributed by atoms with E-state index in [4.69, 9.17) is 21.1 Å². The SMILES string of the molecule is O=S(=O)(NCc1ccc(Cl)s1)c1ccc(CO)o1. The van der Waals surface area contributed by atoms with E-state index in [0.29, 0.717) is 4.34 Å². The zero-order chi connectivity index (χ0) is 13.2. The first-order valence-electron chi connectivity index (χ1n) is 4.95. The average Bonchev–Trinajstić information content (AvgIpc) is 2.95. The van der Waals surface area contributed by atoms with Gasteiger partial charge in [0.1, 0.15) is 12.4 Å². The van der Waals surface area contributed by atoms with Gasteiger partial charge in [-0.1, -0.05) is 11.6 Å². The summed E-state index contributed by atoms with van der Waals surface area (Å²) in [7, 11) is -3.70. The van der Waals surface area contributed by atoms with E-state index >= 15 is 0 Å². The standard InChI is InChI=1S/C10H10ClNO4S2/c11-9-3-2-8(17-9)5-12-18(14,15)10-4-1-7(6-13)16-10/h1-4,12-13H,5-6H2. The zero-order valence-electron chi connectivity index (χ0n) is 9.09. The normalized spacial score (nSPS) is 11.9. The number of rotatable bonds is 5. The van der Waals surface area contributed by atoms with Crippen molar-refractivity contribution < 1.29 is 17.9 Å². The van der Waals surface area contributed by atoms with Crippen molar-refractivity contribution in [2.45, 2.75) is 18.2 Å². The van der Waals surface area contributed by atoms with Gasteiger partial charge in [-0.25, -0.2) is 13.1 Å². The molecule has 0 spiro atoms. The topological polar surface area (TPSA) is 79.5 Å². The third-order valence-corrected chi connectivity index (χ3v) is 4.63. The van der Waals surface area contributed by atoms with Gasteiger partial charge in [0.15, 0.2) is 0 Å². The number of hydrogen-bond donors (Lipinski definition) is 2. The number of nitrogens with one attached hydrogen (secondary N) is 1. The molecular formula is C10H10ClNO4S2. The maximum absolute atomic E-state index is 11.8. The monoisotopic (exact) mass is 307 g/mol. The van der Waals surface area contributed by atoms with E-state index < -0.39 is 10.0 Å². The molecule has 0 unspecified atom stereocenters. The fourth-order valence-electron chi connectivity index (χ4n) is 1.27. The van der Waals surface area contributed by atoms with Crippen LogP contribution < -0.4 is 4.72 Å². The highest BCUT2D eigenvalue weighted by atomic mass is 35.5. The second kappa shape index (κ2) is 5.41. The molecular weight excluding hydrogens is 298 g/mol. The predicted octanol–water partition coefficient (Wildman–Crippen LogP) is 1.97. The second-order valence-corrected chi connectivity index (χ2v) is 6.91. The maximum Gasteiger partial charge on any atom is 0.274 e. The van der Waals surface area contributed by atoms with E-state index in [1.165, 1.54) is 23.5 Å². The van der Waals surface area contributed by atoms with Crippen molar-refractivity contribution in [2.24, 2.45) is 0 Å². The summed E-state index contributed by atoms with van der Waals surface area (Å²) in [6.07, 6.45) is 0. The first kappa shape index (κ1) is 13.6. The van der Waals surface area contributed by atoms with Crippen LogP contribution in [0.3, 0.4) is 0 Å². The van der Waals surface area contributed by atoms with Crippen LogP contribution in [0.5, 0.6) is 0 Å². The number of sulfonamides is 1. The summed E-state index contributed by atoms with van der Waals surface area (Å²) < 4.78 is 31.6. The Morgan fingerprint density at radius 2 is 2.11 bits per heavy atom. The van der Waals surface area contributed by atoms with Crippen LogP contribution in [0.1, 0.15) is 10.6 Å². The Labute approximate surface area is 113 Å². The molecule has 0 aliphatic heterocycles. The van der Waals surface area contributed by atoms with Crippen molar-refractivity contribution in [3.8, 4) is 0 Å². The molecule has 0 amide bonds. The Hall–Kier alpha value is -0.860. The molecule has 0 saturated heterocycles. The first-order chi connectivity index (χ1) is 8.51. The summed E-state index contributed by atoms with van der Waals surface area (Å²) in [5, 5.41) is 8.59. The van der Waals surface area contributed by atoms with Gasteiger partial charge in [-0.2, -0.15) is 0 Å². The zero-order valence-corrected chi connectivity index (χ0v) is 11.5. The molecule has 5 nitrogen and oxygen atoms in total. The summed E-state index contributed by atoms with van der Waals surface area (Å²) in [5.74, 6) is 0.203. The summed E-state index contributed by atoms with van der Waals surface area (Å²) >= 11 is 7.05. The van der Waals surface area contributed by atoms with Crippen molar-refractivity contribution >= 4 is 33.0 Å². The minimum atomic E-state index is -3.70. The molecule has 0 fully saturated rings. The highest BCUT2D eigenvalue weighted by molar-refractivity contribution is 7.89. The minimum absolute atomic E-state index is 0.148. The van der Waals surface area contributed by atoms with Gasteiger partial charge in [0.25, 0.3) is 10.0 Å². The van der Waals surface area contributed by atoms with Crippen LogP contribution in [0.4, 0.5) is 0 Å². The molecule has 2 aromatic rings. The number of hydrogen-bond acceptors (Lipinski definition) is 5. The van der Waals surface area contributed by atoms with E-state index in [2.05, 4.69) is 4.72 Å². The predicted molar refractivity (Wildman–Crippen MR) is 68.0 cm³/mol. The number of furan rings is 1. The fourth-order valence-corrected chi connectivity index (χ4v) is 3.34. The number of halogens is 1. The summed E-state index contributed by atoms with van der Waals surface area (Å²) in [4.78, 5) is 0.803. The van der Waals surface area contributed by atoms with Gasteiger partial charge in [0.05, 0.1) is 4.34 Å². The Bertz CT molecular complexity index is 632. The summed E-state index contributed by atoms with van der Waals surface area (Å²) in [6, 6.07) is 6.16. The van der Waals surface area contributed by atoms with Crippen molar-refractivity contribution in [2.75, 3.05) is 0 Å². The summed E-state index contributed by atoms with van der Waals surface area (Å²) in [6.45, 7) is -0.190.